The van der Waals surface area contributed by atoms with Crippen LogP contribution < -0.4 is 0 Å². The van der Waals surface area contributed by atoms with E-state index in [1.165, 1.54) is 6.26 Å². The summed E-state index contributed by atoms with van der Waals surface area (Å²) in [6, 6.07) is 10.3. The fourth-order valence-corrected chi connectivity index (χ4v) is 4.76. The lowest BCUT2D eigenvalue weighted by Gasteiger charge is -2.36. The number of hydrogen-bond acceptors (Lipinski definition) is 4. The number of hydrogen-bond donors (Lipinski definition) is 2. The van der Waals surface area contributed by atoms with Gasteiger partial charge in [0.1, 0.15) is 0 Å². The van der Waals surface area contributed by atoms with Crippen molar-refractivity contribution in [2.24, 2.45) is 0 Å². The number of amides is 1. The molecule has 1 aliphatic heterocycles. The Balaban J connectivity index is 1.67. The number of ketones is 1. The number of nitrogens with one attached hydrogen (secondary N) is 1. The molecule has 3 aromatic rings. The van der Waals surface area contributed by atoms with Gasteiger partial charge in [-0.15, -0.1) is 0 Å². The number of benzene rings is 1. The minimum atomic E-state index is -0.639. The minimum absolute atomic E-state index is 0.000960. The van der Waals surface area contributed by atoms with Crippen LogP contribution in [0.2, 0.25) is 0 Å². The average molecular weight is 390 g/mol. The quantitative estimate of drug-likeness (QED) is 0.634. The Bertz CT molecular complexity index is 1100. The SMILES string of the molecule is O=C(C1=C(O)C(=O)N(C2CCCCC2)C1c1c[nH]c2ccccc12)c1ccco1. The van der Waals surface area contributed by atoms with Gasteiger partial charge in [-0.3, -0.25) is 9.59 Å². The second kappa shape index (κ2) is 6.95. The Kier molecular flexibility index (Phi) is 4.27. The smallest absolute Gasteiger partial charge is 0.290 e. The summed E-state index contributed by atoms with van der Waals surface area (Å²) in [7, 11) is 0. The molecule has 1 aliphatic carbocycles. The fourth-order valence-electron chi connectivity index (χ4n) is 4.76. The summed E-state index contributed by atoms with van der Waals surface area (Å²) in [6.07, 6.45) is 8.23. The van der Waals surface area contributed by atoms with Gasteiger partial charge in [-0.05, 0) is 31.0 Å². The molecule has 0 bridgehead atoms. The number of furan rings is 1. The maximum absolute atomic E-state index is 13.2. The molecule has 1 amide bonds. The van der Waals surface area contributed by atoms with E-state index in [1.807, 2.05) is 30.5 Å². The van der Waals surface area contributed by atoms with Crippen LogP contribution >= 0.6 is 0 Å². The predicted octanol–water partition coefficient (Wildman–Crippen LogP) is 4.67. The third kappa shape index (κ3) is 2.78. The summed E-state index contributed by atoms with van der Waals surface area (Å²) < 4.78 is 5.29. The lowest BCUT2D eigenvalue weighted by molar-refractivity contribution is -0.132. The molecule has 1 atom stereocenters. The zero-order valence-electron chi connectivity index (χ0n) is 15.9. The van der Waals surface area contributed by atoms with Crippen molar-refractivity contribution in [2.75, 3.05) is 0 Å². The first kappa shape index (κ1) is 17.8. The fraction of sp³-hybridized carbons (Fsp3) is 0.304. The maximum atomic E-state index is 13.2. The molecule has 1 saturated carbocycles. The van der Waals surface area contributed by atoms with Gasteiger partial charge < -0.3 is 19.4 Å². The summed E-state index contributed by atoms with van der Waals surface area (Å²) in [4.78, 5) is 31.3. The van der Waals surface area contributed by atoms with E-state index in [4.69, 9.17) is 4.42 Å². The second-order valence-corrected chi connectivity index (χ2v) is 7.77. The Labute approximate surface area is 167 Å². The molecular formula is C23H22N2O4. The maximum Gasteiger partial charge on any atom is 0.290 e. The molecule has 0 radical (unpaired) electrons. The highest BCUT2D eigenvalue weighted by Gasteiger charge is 2.47. The van der Waals surface area contributed by atoms with E-state index < -0.39 is 23.5 Å². The zero-order valence-corrected chi connectivity index (χ0v) is 15.9. The average Bonchev–Trinajstić information content (AvgIpc) is 3.48. The number of aliphatic hydroxyl groups is 1. The van der Waals surface area contributed by atoms with E-state index in [2.05, 4.69) is 4.98 Å². The molecule has 1 fully saturated rings. The van der Waals surface area contributed by atoms with Gasteiger partial charge >= 0.3 is 0 Å². The Morgan fingerprint density at radius 3 is 2.66 bits per heavy atom. The van der Waals surface area contributed by atoms with Gasteiger partial charge in [0.05, 0.1) is 17.9 Å². The Morgan fingerprint density at radius 2 is 1.90 bits per heavy atom. The predicted molar refractivity (Wildman–Crippen MR) is 107 cm³/mol. The van der Waals surface area contributed by atoms with Gasteiger partial charge in [0, 0.05) is 28.7 Å². The van der Waals surface area contributed by atoms with Crippen LogP contribution in [0.1, 0.15) is 54.3 Å². The van der Waals surface area contributed by atoms with Crippen molar-refractivity contribution in [3.05, 3.63) is 71.5 Å². The molecule has 6 nitrogen and oxygen atoms in total. The lowest BCUT2D eigenvalue weighted by Crippen LogP contribution is -2.41. The van der Waals surface area contributed by atoms with Crippen LogP contribution in [0.4, 0.5) is 0 Å². The zero-order chi connectivity index (χ0) is 20.0. The summed E-state index contributed by atoms with van der Waals surface area (Å²) in [6.45, 7) is 0. The van der Waals surface area contributed by atoms with Crippen molar-refractivity contribution in [2.45, 2.75) is 44.2 Å². The largest absolute Gasteiger partial charge is 0.503 e. The number of aliphatic hydroxyl groups excluding tert-OH is 1. The Hall–Kier alpha value is -3.28. The molecule has 2 N–H and O–H groups in total. The molecule has 3 heterocycles. The molecule has 29 heavy (non-hydrogen) atoms. The van der Waals surface area contributed by atoms with E-state index in [9.17, 15) is 14.7 Å². The molecule has 6 heteroatoms. The topological polar surface area (TPSA) is 86.5 Å². The molecule has 1 unspecified atom stereocenters. The molecular weight excluding hydrogens is 368 g/mol. The number of carbonyl (C=O) groups excluding carboxylic acids is 2. The van der Waals surface area contributed by atoms with Crippen molar-refractivity contribution in [3.63, 3.8) is 0 Å². The van der Waals surface area contributed by atoms with E-state index in [0.717, 1.165) is 48.6 Å². The Morgan fingerprint density at radius 1 is 1.10 bits per heavy atom. The third-order valence-electron chi connectivity index (χ3n) is 6.12. The standard InChI is InChI=1S/C23H22N2O4/c26-21(18-11-6-12-29-18)19-20(16-13-24-17-10-5-4-9-15(16)17)25(23(28)22(19)27)14-7-2-1-3-8-14/h4-6,9-14,20,24,27H,1-3,7-8H2. The highest BCUT2D eigenvalue weighted by molar-refractivity contribution is 6.15. The number of carbonyl (C=O) groups is 2. The minimum Gasteiger partial charge on any atom is -0.503 e. The molecule has 0 spiro atoms. The van der Waals surface area contributed by atoms with Crippen LogP contribution in [0.3, 0.4) is 0 Å². The molecule has 2 aliphatic rings. The van der Waals surface area contributed by atoms with Gasteiger partial charge in [-0.25, -0.2) is 0 Å². The molecule has 1 aromatic carbocycles. The van der Waals surface area contributed by atoms with Crippen molar-refractivity contribution in [3.8, 4) is 0 Å². The molecule has 2 aromatic heterocycles. The normalized spacial score (nSPS) is 20.8. The van der Waals surface area contributed by atoms with Crippen molar-refractivity contribution in [1.82, 2.24) is 9.88 Å². The van der Waals surface area contributed by atoms with Crippen molar-refractivity contribution < 1.29 is 19.1 Å². The van der Waals surface area contributed by atoms with Gasteiger partial charge in [0.25, 0.3) is 5.91 Å². The number of rotatable bonds is 4. The highest BCUT2D eigenvalue weighted by Crippen LogP contribution is 2.44. The lowest BCUT2D eigenvalue weighted by atomic mass is 9.90. The number of fused-ring (bicyclic) bond motifs is 1. The van der Waals surface area contributed by atoms with Crippen LogP contribution in [0, 0.1) is 0 Å². The van der Waals surface area contributed by atoms with Gasteiger partial charge in [-0.1, -0.05) is 37.5 Å². The van der Waals surface area contributed by atoms with Crippen LogP contribution in [-0.4, -0.2) is 32.7 Å². The highest BCUT2D eigenvalue weighted by atomic mass is 16.3. The summed E-state index contributed by atoms with van der Waals surface area (Å²) >= 11 is 0. The first-order valence-electron chi connectivity index (χ1n) is 10.1. The molecule has 148 valence electrons. The van der Waals surface area contributed by atoms with Crippen molar-refractivity contribution in [1.29, 1.82) is 0 Å². The summed E-state index contributed by atoms with van der Waals surface area (Å²) in [5.74, 6) is -1.27. The summed E-state index contributed by atoms with van der Waals surface area (Å²) in [5, 5.41) is 11.7. The first-order chi connectivity index (χ1) is 14.2. The molecule has 0 saturated heterocycles. The number of aromatic amines is 1. The van der Waals surface area contributed by atoms with Crippen LogP contribution in [0.5, 0.6) is 0 Å². The van der Waals surface area contributed by atoms with Crippen LogP contribution in [-0.2, 0) is 4.79 Å². The van der Waals surface area contributed by atoms with E-state index in [-0.39, 0.29) is 17.4 Å². The molecule has 5 rings (SSSR count). The third-order valence-corrected chi connectivity index (χ3v) is 6.12. The van der Waals surface area contributed by atoms with E-state index in [0.29, 0.717) is 0 Å². The van der Waals surface area contributed by atoms with Crippen LogP contribution in [0.15, 0.2) is 64.6 Å². The van der Waals surface area contributed by atoms with E-state index in [1.54, 1.807) is 17.0 Å². The number of nitrogens with zero attached hydrogens (tertiary/aromatic N) is 1. The number of Topliss-reactive ketones (excluding diaryl/α,β-unsaturated/α-hetero) is 1. The van der Waals surface area contributed by atoms with Crippen LogP contribution in [0.25, 0.3) is 10.9 Å². The van der Waals surface area contributed by atoms with Gasteiger partial charge in [-0.2, -0.15) is 0 Å². The van der Waals surface area contributed by atoms with Gasteiger partial charge in [0.15, 0.2) is 11.5 Å². The van der Waals surface area contributed by atoms with E-state index >= 15 is 0 Å². The number of para-hydroxylation sites is 1. The monoisotopic (exact) mass is 390 g/mol. The number of H-pyrrole nitrogens is 1. The first-order valence-corrected chi connectivity index (χ1v) is 10.1. The number of aromatic nitrogens is 1. The second-order valence-electron chi connectivity index (χ2n) is 7.77. The van der Waals surface area contributed by atoms with Gasteiger partial charge in [0.2, 0.25) is 5.78 Å². The van der Waals surface area contributed by atoms with Crippen molar-refractivity contribution >= 4 is 22.6 Å². The summed E-state index contributed by atoms with van der Waals surface area (Å²) in [5.41, 5.74) is 1.84.